The Morgan fingerprint density at radius 3 is 1.80 bits per heavy atom. The van der Waals surface area contributed by atoms with Gasteiger partial charge in [-0.15, -0.1) is 0 Å². The summed E-state index contributed by atoms with van der Waals surface area (Å²) in [6, 6.07) is 0. The molecule has 0 radical (unpaired) electrons. The highest BCUT2D eigenvalue weighted by Gasteiger charge is 1.95. The van der Waals surface area contributed by atoms with Gasteiger partial charge in [0.2, 0.25) is 0 Å². The summed E-state index contributed by atoms with van der Waals surface area (Å²) in [4.78, 5) is 3.96. The van der Waals surface area contributed by atoms with Gasteiger partial charge < -0.3 is 0 Å². The van der Waals surface area contributed by atoms with E-state index >= 15 is 0 Å². The van der Waals surface area contributed by atoms with Crippen molar-refractivity contribution in [2.24, 2.45) is 10.4 Å². The van der Waals surface area contributed by atoms with Crippen molar-refractivity contribution in [2.45, 2.75) is 40.5 Å². The minimum Gasteiger partial charge on any atom is -0.298 e. The van der Waals surface area contributed by atoms with Crippen molar-refractivity contribution in [3.63, 3.8) is 0 Å². The molecule has 1 heteroatoms. The molecular formula is C9H19N. The predicted octanol–water partition coefficient (Wildman–Crippen LogP) is 2.90. The summed E-state index contributed by atoms with van der Waals surface area (Å²) in [7, 11) is 0. The summed E-state index contributed by atoms with van der Waals surface area (Å²) in [6.07, 6.45) is 4.47. The molecule has 0 N–H and O–H groups in total. The van der Waals surface area contributed by atoms with E-state index in [4.69, 9.17) is 0 Å². The van der Waals surface area contributed by atoms with Crippen LogP contribution in [0.5, 0.6) is 0 Å². The van der Waals surface area contributed by atoms with Crippen molar-refractivity contribution in [2.75, 3.05) is 6.54 Å². The highest BCUT2D eigenvalue weighted by molar-refractivity contribution is 5.58. The molecule has 1 aliphatic rings. The summed E-state index contributed by atoms with van der Waals surface area (Å²) in [6.45, 7) is 9.82. The molecule has 1 aliphatic heterocycles. The lowest BCUT2D eigenvalue weighted by Crippen LogP contribution is -1.93. The maximum absolute atomic E-state index is 3.96. The summed E-state index contributed by atoms with van der Waals surface area (Å²) in [5, 5.41) is 0. The molecule has 0 aromatic heterocycles. The molecule has 0 spiro atoms. The Balaban J connectivity index is 0.000000162. The van der Waals surface area contributed by atoms with Crippen LogP contribution in [0.25, 0.3) is 0 Å². The van der Waals surface area contributed by atoms with Crippen LogP contribution in [0.1, 0.15) is 40.5 Å². The molecule has 0 aromatic rings. The van der Waals surface area contributed by atoms with Crippen LogP contribution in [-0.2, 0) is 0 Å². The van der Waals surface area contributed by atoms with Crippen molar-refractivity contribution < 1.29 is 0 Å². The lowest BCUT2D eigenvalue weighted by atomic mass is 10.0. The monoisotopic (exact) mass is 141 g/mol. The van der Waals surface area contributed by atoms with E-state index in [1.807, 2.05) is 6.21 Å². The first-order valence-electron chi connectivity index (χ1n) is 3.98. The van der Waals surface area contributed by atoms with Gasteiger partial charge in [-0.2, -0.15) is 0 Å². The third-order valence-electron chi connectivity index (χ3n) is 0.750. The lowest BCUT2D eigenvalue weighted by Gasteiger charge is -2.05. The second-order valence-corrected chi connectivity index (χ2v) is 4.23. The molecule has 0 saturated carbocycles. The van der Waals surface area contributed by atoms with E-state index < -0.39 is 0 Å². The van der Waals surface area contributed by atoms with Crippen LogP contribution in [0, 0.1) is 5.41 Å². The third-order valence-corrected chi connectivity index (χ3v) is 0.750. The van der Waals surface area contributed by atoms with Crippen LogP contribution < -0.4 is 0 Å². The predicted molar refractivity (Wildman–Crippen MR) is 47.7 cm³/mol. The van der Waals surface area contributed by atoms with Gasteiger partial charge in [-0.05, 0) is 24.5 Å². The summed E-state index contributed by atoms with van der Waals surface area (Å²) >= 11 is 0. The van der Waals surface area contributed by atoms with E-state index in [2.05, 4.69) is 32.7 Å². The Morgan fingerprint density at radius 1 is 1.20 bits per heavy atom. The van der Waals surface area contributed by atoms with E-state index in [-0.39, 0.29) is 0 Å². The Morgan fingerprint density at radius 2 is 1.70 bits per heavy atom. The molecule has 0 aliphatic carbocycles. The zero-order valence-corrected chi connectivity index (χ0v) is 7.65. The van der Waals surface area contributed by atoms with Crippen LogP contribution in [0.4, 0.5) is 0 Å². The topological polar surface area (TPSA) is 12.4 Å². The van der Waals surface area contributed by atoms with E-state index in [9.17, 15) is 0 Å². The maximum Gasteiger partial charge on any atom is 0.0388 e. The smallest absolute Gasteiger partial charge is 0.0388 e. The Hall–Kier alpha value is -0.330. The van der Waals surface area contributed by atoms with Gasteiger partial charge in [-0.3, -0.25) is 4.99 Å². The first kappa shape index (κ1) is 9.67. The Labute approximate surface area is 64.6 Å². The van der Waals surface area contributed by atoms with E-state index in [1.54, 1.807) is 0 Å². The molecule has 0 atom stereocenters. The molecule has 0 aromatic carbocycles. The molecule has 60 valence electrons. The van der Waals surface area contributed by atoms with Crippen molar-refractivity contribution >= 4 is 6.21 Å². The quantitative estimate of drug-likeness (QED) is 0.492. The molecule has 1 rings (SSSR count). The van der Waals surface area contributed by atoms with E-state index in [0.717, 1.165) is 6.54 Å². The Bertz CT molecular complexity index is 85.8. The van der Waals surface area contributed by atoms with Crippen LogP contribution in [-0.4, -0.2) is 12.8 Å². The maximum atomic E-state index is 3.96. The zero-order valence-electron chi connectivity index (χ0n) is 7.65. The van der Waals surface area contributed by atoms with E-state index in [1.165, 1.54) is 12.8 Å². The van der Waals surface area contributed by atoms with E-state index in [0.29, 0.717) is 5.41 Å². The molecule has 1 nitrogen and oxygen atoms in total. The molecule has 0 fully saturated rings. The number of hydrogen-bond donors (Lipinski definition) is 0. The highest BCUT2D eigenvalue weighted by atomic mass is 14.7. The summed E-state index contributed by atoms with van der Waals surface area (Å²) < 4.78 is 0. The second kappa shape index (κ2) is 4.48. The van der Waals surface area contributed by atoms with Gasteiger partial charge in [0, 0.05) is 6.54 Å². The van der Waals surface area contributed by atoms with Gasteiger partial charge in [0.15, 0.2) is 0 Å². The largest absolute Gasteiger partial charge is 0.298 e. The first-order chi connectivity index (χ1) is 4.50. The fourth-order valence-corrected chi connectivity index (χ4v) is 0.456. The van der Waals surface area contributed by atoms with Gasteiger partial charge >= 0.3 is 0 Å². The molecule has 0 bridgehead atoms. The number of aliphatic imine (C=N–C) groups is 1. The molecule has 1 heterocycles. The summed E-state index contributed by atoms with van der Waals surface area (Å²) in [5.41, 5.74) is 0.500. The van der Waals surface area contributed by atoms with Gasteiger partial charge in [0.05, 0.1) is 0 Å². The molecule has 10 heavy (non-hydrogen) atoms. The fraction of sp³-hybridized carbons (Fsp3) is 0.889. The normalized spacial score (nSPS) is 16.4. The van der Waals surface area contributed by atoms with Gasteiger partial charge in [-0.25, -0.2) is 0 Å². The van der Waals surface area contributed by atoms with Gasteiger partial charge in [0.25, 0.3) is 0 Å². The third kappa shape index (κ3) is 15.6. The lowest BCUT2D eigenvalue weighted by molar-refractivity contribution is 0.469. The number of hydrogen-bond acceptors (Lipinski definition) is 1. The van der Waals surface area contributed by atoms with Crippen LogP contribution >= 0.6 is 0 Å². The van der Waals surface area contributed by atoms with Crippen molar-refractivity contribution in [3.8, 4) is 0 Å². The van der Waals surface area contributed by atoms with Crippen molar-refractivity contribution in [3.05, 3.63) is 0 Å². The fourth-order valence-electron chi connectivity index (χ4n) is 0.456. The molecule has 0 amide bonds. The average molecular weight is 141 g/mol. The van der Waals surface area contributed by atoms with Crippen LogP contribution in [0.2, 0.25) is 0 Å². The van der Waals surface area contributed by atoms with Crippen molar-refractivity contribution in [1.82, 2.24) is 0 Å². The van der Waals surface area contributed by atoms with Crippen LogP contribution in [0.15, 0.2) is 4.99 Å². The van der Waals surface area contributed by atoms with Crippen molar-refractivity contribution in [1.29, 1.82) is 0 Å². The number of nitrogens with zero attached hydrogens (tertiary/aromatic N) is 1. The second-order valence-electron chi connectivity index (χ2n) is 4.23. The van der Waals surface area contributed by atoms with Gasteiger partial charge in [-0.1, -0.05) is 27.7 Å². The minimum atomic E-state index is 0.500. The average Bonchev–Trinajstić information content (AvgIpc) is 2.07. The summed E-state index contributed by atoms with van der Waals surface area (Å²) in [5.74, 6) is 0. The highest BCUT2D eigenvalue weighted by Crippen LogP contribution is 2.08. The minimum absolute atomic E-state index is 0.500. The zero-order chi connectivity index (χ0) is 8.04. The Kier molecular flexibility index (Phi) is 4.33. The standard InChI is InChI=1S/C5H12.C4H7N/c1-5(2,3)4;1-2-4-5-3-1/h1-4H3;3H,1-2,4H2. The number of rotatable bonds is 0. The van der Waals surface area contributed by atoms with Crippen LogP contribution in [0.3, 0.4) is 0 Å². The molecular weight excluding hydrogens is 122 g/mol. The SMILES string of the molecule is C1=NCCC1.CC(C)(C)C. The molecule has 0 unspecified atom stereocenters. The first-order valence-corrected chi connectivity index (χ1v) is 3.98. The van der Waals surface area contributed by atoms with Gasteiger partial charge in [0.1, 0.15) is 0 Å². The molecule has 0 saturated heterocycles.